The lowest BCUT2D eigenvalue weighted by Gasteiger charge is -2.18. The van der Waals surface area contributed by atoms with Crippen LogP contribution < -0.4 is 5.32 Å². The van der Waals surface area contributed by atoms with E-state index in [1.165, 1.54) is 12.1 Å². The van der Waals surface area contributed by atoms with Crippen molar-refractivity contribution in [1.82, 2.24) is 5.32 Å². The topological polar surface area (TPSA) is 38.3 Å². The van der Waals surface area contributed by atoms with Crippen LogP contribution in [0.15, 0.2) is 24.3 Å². The van der Waals surface area contributed by atoms with Crippen molar-refractivity contribution >= 4 is 5.97 Å². The van der Waals surface area contributed by atoms with Crippen molar-refractivity contribution in [2.24, 2.45) is 0 Å². The molecule has 1 atom stereocenters. The van der Waals surface area contributed by atoms with Crippen LogP contribution in [-0.2, 0) is 15.7 Å². The molecule has 0 aliphatic heterocycles. The normalized spacial score (nSPS) is 13.2. The fourth-order valence-corrected chi connectivity index (χ4v) is 2.07. The molecule has 6 heteroatoms. The molecule has 0 aromatic heterocycles. The van der Waals surface area contributed by atoms with Crippen LogP contribution in [-0.4, -0.2) is 18.6 Å². The van der Waals surface area contributed by atoms with Gasteiger partial charge in [0.15, 0.2) is 0 Å². The van der Waals surface area contributed by atoms with Crippen LogP contribution in [0.5, 0.6) is 0 Å². The van der Waals surface area contributed by atoms with Crippen LogP contribution in [0, 0.1) is 0 Å². The maximum absolute atomic E-state index is 12.5. The number of rotatable bonds is 7. The first-order valence-electron chi connectivity index (χ1n) is 7.34. The van der Waals surface area contributed by atoms with Gasteiger partial charge in [-0.3, -0.25) is 4.79 Å². The Hall–Kier alpha value is -1.56. The number of esters is 1. The fourth-order valence-electron chi connectivity index (χ4n) is 2.07. The van der Waals surface area contributed by atoms with E-state index in [0.29, 0.717) is 13.0 Å². The largest absolute Gasteiger partial charge is 0.463 e. The molecule has 124 valence electrons. The summed E-state index contributed by atoms with van der Waals surface area (Å²) in [5.74, 6) is -0.287. The Morgan fingerprint density at radius 3 is 2.27 bits per heavy atom. The second-order valence-electron chi connectivity index (χ2n) is 5.32. The van der Waals surface area contributed by atoms with Gasteiger partial charge in [-0.05, 0) is 38.0 Å². The summed E-state index contributed by atoms with van der Waals surface area (Å²) in [5.41, 5.74) is 0.111. The lowest BCUT2D eigenvalue weighted by molar-refractivity contribution is -0.147. The Morgan fingerprint density at radius 2 is 1.82 bits per heavy atom. The summed E-state index contributed by atoms with van der Waals surface area (Å²) in [6.45, 7) is 5.91. The maximum atomic E-state index is 12.5. The van der Waals surface area contributed by atoms with Gasteiger partial charge in [0.2, 0.25) is 0 Å². The summed E-state index contributed by atoms with van der Waals surface area (Å²) in [6, 6.07) is 5.00. The predicted molar refractivity (Wildman–Crippen MR) is 78.3 cm³/mol. The number of alkyl halides is 3. The van der Waals surface area contributed by atoms with E-state index in [2.05, 4.69) is 5.32 Å². The molecule has 3 nitrogen and oxygen atoms in total. The summed E-state index contributed by atoms with van der Waals surface area (Å²) in [5, 5.41) is 3.17. The monoisotopic (exact) mass is 317 g/mol. The number of carbonyl (C=O) groups excluding carboxylic acids is 1. The van der Waals surface area contributed by atoms with E-state index in [-0.39, 0.29) is 24.5 Å². The molecule has 0 bridgehead atoms. The van der Waals surface area contributed by atoms with Gasteiger partial charge in [0.05, 0.1) is 18.1 Å². The molecular formula is C16H22F3NO2. The molecule has 0 saturated heterocycles. The number of ether oxygens (including phenoxy) is 1. The summed E-state index contributed by atoms with van der Waals surface area (Å²) in [4.78, 5) is 11.4. The second-order valence-corrected chi connectivity index (χ2v) is 5.32. The van der Waals surface area contributed by atoms with Crippen LogP contribution in [0.3, 0.4) is 0 Å². The van der Waals surface area contributed by atoms with Crippen molar-refractivity contribution in [3.8, 4) is 0 Å². The number of nitrogens with one attached hydrogen (secondary N) is 1. The summed E-state index contributed by atoms with van der Waals surface area (Å²) >= 11 is 0. The molecule has 0 aliphatic carbocycles. The number of carbonyl (C=O) groups is 1. The highest BCUT2D eigenvalue weighted by molar-refractivity contribution is 5.69. The zero-order chi connectivity index (χ0) is 16.8. The van der Waals surface area contributed by atoms with Gasteiger partial charge in [0.25, 0.3) is 0 Å². The average molecular weight is 317 g/mol. The zero-order valence-corrected chi connectivity index (χ0v) is 13.0. The Kier molecular flexibility index (Phi) is 6.87. The highest BCUT2D eigenvalue weighted by atomic mass is 19.4. The van der Waals surface area contributed by atoms with Crippen molar-refractivity contribution < 1.29 is 22.7 Å². The Bertz CT molecular complexity index is 469. The first kappa shape index (κ1) is 18.5. The van der Waals surface area contributed by atoms with Crippen molar-refractivity contribution in [3.05, 3.63) is 35.4 Å². The van der Waals surface area contributed by atoms with E-state index in [1.54, 1.807) is 13.8 Å². The van der Waals surface area contributed by atoms with Crippen molar-refractivity contribution in [2.75, 3.05) is 6.54 Å². The highest BCUT2D eigenvalue weighted by Gasteiger charge is 2.30. The molecular weight excluding hydrogens is 295 g/mol. The minimum atomic E-state index is -4.33. The lowest BCUT2D eigenvalue weighted by atomic mass is 10.0. The molecule has 1 aromatic rings. The van der Waals surface area contributed by atoms with Crippen LogP contribution in [0.25, 0.3) is 0 Å². The van der Waals surface area contributed by atoms with E-state index in [1.807, 2.05) is 6.92 Å². The standard InChI is InChI=1S/C16H22F3NO2/c1-4-14(20-10-9-15(21)22-11(2)3)12-5-7-13(8-6-12)16(17,18)19/h5-8,11,14,20H,4,9-10H2,1-3H3. The van der Waals surface area contributed by atoms with E-state index < -0.39 is 11.7 Å². The molecule has 1 unspecified atom stereocenters. The van der Waals surface area contributed by atoms with E-state index >= 15 is 0 Å². The first-order valence-corrected chi connectivity index (χ1v) is 7.34. The van der Waals surface area contributed by atoms with E-state index in [9.17, 15) is 18.0 Å². The SMILES string of the molecule is CCC(NCCC(=O)OC(C)C)c1ccc(C(F)(F)F)cc1. The van der Waals surface area contributed by atoms with Crippen molar-refractivity contribution in [3.63, 3.8) is 0 Å². The van der Waals surface area contributed by atoms with Gasteiger partial charge in [-0.1, -0.05) is 19.1 Å². The number of halogens is 3. The molecule has 0 fully saturated rings. The van der Waals surface area contributed by atoms with Gasteiger partial charge in [-0.2, -0.15) is 13.2 Å². The van der Waals surface area contributed by atoms with Gasteiger partial charge in [0.1, 0.15) is 0 Å². The molecule has 1 rings (SSSR count). The van der Waals surface area contributed by atoms with Crippen molar-refractivity contribution in [1.29, 1.82) is 0 Å². The summed E-state index contributed by atoms with van der Waals surface area (Å²) in [7, 11) is 0. The summed E-state index contributed by atoms with van der Waals surface area (Å²) in [6.07, 6.45) is -3.53. The third-order valence-corrected chi connectivity index (χ3v) is 3.14. The molecule has 0 saturated carbocycles. The zero-order valence-electron chi connectivity index (χ0n) is 13.0. The Morgan fingerprint density at radius 1 is 1.23 bits per heavy atom. The van der Waals surface area contributed by atoms with Gasteiger partial charge >= 0.3 is 12.1 Å². The van der Waals surface area contributed by atoms with Gasteiger partial charge < -0.3 is 10.1 Å². The molecule has 0 aliphatic rings. The second kappa shape index (κ2) is 8.17. The summed E-state index contributed by atoms with van der Waals surface area (Å²) < 4.78 is 42.6. The first-order chi connectivity index (χ1) is 10.2. The highest BCUT2D eigenvalue weighted by Crippen LogP contribution is 2.30. The van der Waals surface area contributed by atoms with Gasteiger partial charge in [-0.15, -0.1) is 0 Å². The third-order valence-electron chi connectivity index (χ3n) is 3.14. The molecule has 0 spiro atoms. The Labute approximate surface area is 128 Å². The smallest absolute Gasteiger partial charge is 0.416 e. The number of benzene rings is 1. The molecule has 1 N–H and O–H groups in total. The molecule has 1 aromatic carbocycles. The molecule has 0 heterocycles. The van der Waals surface area contributed by atoms with E-state index in [4.69, 9.17) is 4.74 Å². The van der Waals surface area contributed by atoms with Crippen LogP contribution in [0.1, 0.15) is 50.8 Å². The third kappa shape index (κ3) is 6.05. The molecule has 22 heavy (non-hydrogen) atoms. The van der Waals surface area contributed by atoms with Crippen LogP contribution in [0.2, 0.25) is 0 Å². The van der Waals surface area contributed by atoms with Crippen LogP contribution in [0.4, 0.5) is 13.2 Å². The molecule has 0 radical (unpaired) electrons. The number of hydrogen-bond acceptors (Lipinski definition) is 3. The minimum Gasteiger partial charge on any atom is -0.463 e. The minimum absolute atomic E-state index is 0.0888. The number of hydrogen-bond donors (Lipinski definition) is 1. The quantitative estimate of drug-likeness (QED) is 0.770. The maximum Gasteiger partial charge on any atom is 0.416 e. The predicted octanol–water partition coefficient (Wildman–Crippen LogP) is 4.09. The van der Waals surface area contributed by atoms with Gasteiger partial charge in [0, 0.05) is 12.6 Å². The van der Waals surface area contributed by atoms with Crippen LogP contribution >= 0.6 is 0 Å². The molecule has 0 amide bonds. The van der Waals surface area contributed by atoms with Gasteiger partial charge in [-0.25, -0.2) is 0 Å². The van der Waals surface area contributed by atoms with E-state index in [0.717, 1.165) is 17.7 Å². The van der Waals surface area contributed by atoms with Crippen molar-refractivity contribution in [2.45, 2.75) is 51.9 Å². The average Bonchev–Trinajstić information content (AvgIpc) is 2.42. The lowest BCUT2D eigenvalue weighted by Crippen LogP contribution is -2.25. The fraction of sp³-hybridized carbons (Fsp3) is 0.562. The Balaban J connectivity index is 2.56.